The fraction of sp³-hybridized carbons (Fsp3) is 0.208. The second kappa shape index (κ2) is 7.67. The van der Waals surface area contributed by atoms with Crippen LogP contribution in [0.1, 0.15) is 34.9 Å². The van der Waals surface area contributed by atoms with Gasteiger partial charge < -0.3 is 9.47 Å². The van der Waals surface area contributed by atoms with Gasteiger partial charge in [0.25, 0.3) is 0 Å². The number of rotatable bonds is 5. The maximum atomic E-state index is 5.32. The highest BCUT2D eigenvalue weighted by molar-refractivity contribution is 5.71. The number of nitrogens with zero attached hydrogens (tertiary/aromatic N) is 1. The molecule has 0 saturated heterocycles. The molecule has 0 radical (unpaired) electrons. The van der Waals surface area contributed by atoms with Gasteiger partial charge >= 0.3 is 0 Å². The van der Waals surface area contributed by atoms with Crippen LogP contribution in [0.3, 0.4) is 0 Å². The van der Waals surface area contributed by atoms with Crippen LogP contribution < -0.4 is 9.47 Å². The van der Waals surface area contributed by atoms with Crippen LogP contribution in [0.15, 0.2) is 79.1 Å². The lowest BCUT2D eigenvalue weighted by Crippen LogP contribution is -2.05. The van der Waals surface area contributed by atoms with Crippen molar-refractivity contribution in [2.75, 3.05) is 14.2 Å². The van der Waals surface area contributed by atoms with Gasteiger partial charge in [0.15, 0.2) is 0 Å². The molecule has 3 aromatic rings. The molecule has 136 valence electrons. The molecule has 0 fully saturated rings. The first kappa shape index (κ1) is 17.3. The van der Waals surface area contributed by atoms with Crippen molar-refractivity contribution in [1.29, 1.82) is 0 Å². The summed E-state index contributed by atoms with van der Waals surface area (Å²) in [6.07, 6.45) is 7.18. The smallest absolute Gasteiger partial charge is 0.118 e. The Labute approximate surface area is 160 Å². The quantitative estimate of drug-likeness (QED) is 0.608. The third kappa shape index (κ3) is 3.59. The first-order valence-electron chi connectivity index (χ1n) is 9.17. The molecular formula is C24H23NO2. The molecule has 0 unspecified atom stereocenters. The van der Waals surface area contributed by atoms with Crippen molar-refractivity contribution in [2.45, 2.75) is 18.3 Å². The minimum Gasteiger partial charge on any atom is -0.497 e. The predicted molar refractivity (Wildman–Crippen MR) is 108 cm³/mol. The Bertz CT molecular complexity index is 915. The Kier molecular flexibility index (Phi) is 4.93. The van der Waals surface area contributed by atoms with Gasteiger partial charge in [-0.3, -0.25) is 4.98 Å². The lowest BCUT2D eigenvalue weighted by atomic mass is 9.84. The lowest BCUT2D eigenvalue weighted by Gasteiger charge is -2.20. The van der Waals surface area contributed by atoms with Crippen molar-refractivity contribution in [2.24, 2.45) is 0 Å². The van der Waals surface area contributed by atoms with Crippen LogP contribution in [0.4, 0.5) is 0 Å². The van der Waals surface area contributed by atoms with E-state index < -0.39 is 0 Å². The predicted octanol–water partition coefficient (Wildman–Crippen LogP) is 5.45. The van der Waals surface area contributed by atoms with E-state index >= 15 is 0 Å². The molecule has 0 bridgehead atoms. The van der Waals surface area contributed by atoms with Crippen molar-refractivity contribution < 1.29 is 9.47 Å². The fourth-order valence-corrected chi connectivity index (χ4v) is 3.87. The number of ether oxygens (including phenoxy) is 2. The van der Waals surface area contributed by atoms with Crippen molar-refractivity contribution in [3.05, 3.63) is 95.8 Å². The number of hydrogen-bond acceptors (Lipinski definition) is 3. The van der Waals surface area contributed by atoms with Gasteiger partial charge in [0.2, 0.25) is 0 Å². The van der Waals surface area contributed by atoms with Crippen molar-refractivity contribution >= 4 is 5.57 Å². The third-order valence-electron chi connectivity index (χ3n) is 5.35. The van der Waals surface area contributed by atoms with Crippen molar-refractivity contribution in [1.82, 2.24) is 4.98 Å². The number of aromatic nitrogens is 1. The summed E-state index contributed by atoms with van der Waals surface area (Å²) in [7, 11) is 3.40. The monoisotopic (exact) mass is 357 g/mol. The molecule has 4 rings (SSSR count). The van der Waals surface area contributed by atoms with E-state index in [1.165, 1.54) is 22.3 Å². The largest absolute Gasteiger partial charge is 0.497 e. The number of hydrogen-bond donors (Lipinski definition) is 0. The lowest BCUT2D eigenvalue weighted by molar-refractivity contribution is 0.414. The van der Waals surface area contributed by atoms with E-state index in [4.69, 9.17) is 9.47 Å². The molecule has 1 aliphatic rings. The van der Waals surface area contributed by atoms with Gasteiger partial charge in [-0.1, -0.05) is 30.3 Å². The fourth-order valence-electron chi connectivity index (χ4n) is 3.87. The Morgan fingerprint density at radius 1 is 0.741 bits per heavy atom. The van der Waals surface area contributed by atoms with Crippen molar-refractivity contribution in [3.63, 3.8) is 0 Å². The summed E-state index contributed by atoms with van der Waals surface area (Å²) in [4.78, 5) is 4.19. The van der Waals surface area contributed by atoms with Gasteiger partial charge in [0.05, 0.1) is 14.2 Å². The number of methoxy groups -OCH3 is 2. The zero-order chi connectivity index (χ0) is 18.6. The van der Waals surface area contributed by atoms with E-state index in [-0.39, 0.29) is 0 Å². The molecule has 27 heavy (non-hydrogen) atoms. The van der Waals surface area contributed by atoms with Crippen LogP contribution in [-0.2, 0) is 0 Å². The van der Waals surface area contributed by atoms with E-state index in [9.17, 15) is 0 Å². The highest BCUT2D eigenvalue weighted by Gasteiger charge is 2.30. The molecule has 0 N–H and O–H groups in total. The minimum absolute atomic E-state index is 0.329. The Morgan fingerprint density at radius 2 is 1.33 bits per heavy atom. The van der Waals surface area contributed by atoms with Gasteiger partial charge in [-0.15, -0.1) is 0 Å². The second-order valence-corrected chi connectivity index (χ2v) is 6.81. The summed E-state index contributed by atoms with van der Waals surface area (Å²) >= 11 is 0. The van der Waals surface area contributed by atoms with E-state index in [1.54, 1.807) is 14.2 Å². The number of allylic oxidation sites excluding steroid dienone is 2. The highest BCUT2D eigenvalue weighted by atomic mass is 16.5. The summed E-state index contributed by atoms with van der Waals surface area (Å²) in [5.41, 5.74) is 5.26. The molecule has 0 saturated carbocycles. The zero-order valence-electron chi connectivity index (χ0n) is 15.6. The van der Waals surface area contributed by atoms with E-state index in [0.29, 0.717) is 11.8 Å². The van der Waals surface area contributed by atoms with E-state index in [2.05, 4.69) is 47.5 Å². The molecular weight excluding hydrogens is 334 g/mol. The van der Waals surface area contributed by atoms with Gasteiger partial charge in [0, 0.05) is 18.3 Å². The van der Waals surface area contributed by atoms with Crippen LogP contribution in [0, 0.1) is 0 Å². The van der Waals surface area contributed by atoms with Crippen LogP contribution >= 0.6 is 0 Å². The molecule has 0 spiro atoms. The van der Waals surface area contributed by atoms with Gasteiger partial charge in [-0.25, -0.2) is 0 Å². The summed E-state index contributed by atoms with van der Waals surface area (Å²) in [6, 6.07) is 21.0. The molecule has 3 heteroatoms. The average Bonchev–Trinajstić information content (AvgIpc) is 3.20. The Morgan fingerprint density at radius 3 is 1.93 bits per heavy atom. The normalized spacial score (nSPS) is 18.8. The maximum absolute atomic E-state index is 5.32. The van der Waals surface area contributed by atoms with E-state index in [0.717, 1.165) is 17.9 Å². The third-order valence-corrected chi connectivity index (χ3v) is 5.35. The van der Waals surface area contributed by atoms with E-state index in [1.807, 2.05) is 36.7 Å². The van der Waals surface area contributed by atoms with Crippen LogP contribution in [0.5, 0.6) is 11.5 Å². The summed E-state index contributed by atoms with van der Waals surface area (Å²) in [5, 5.41) is 0. The zero-order valence-corrected chi connectivity index (χ0v) is 15.6. The molecule has 2 atom stereocenters. The molecule has 0 amide bonds. The summed E-state index contributed by atoms with van der Waals surface area (Å²) in [6.45, 7) is 0. The first-order chi connectivity index (χ1) is 13.3. The number of pyridine rings is 1. The van der Waals surface area contributed by atoms with Crippen LogP contribution in [0.2, 0.25) is 0 Å². The Balaban J connectivity index is 1.70. The van der Waals surface area contributed by atoms with Gasteiger partial charge in [-0.05, 0) is 71.0 Å². The number of benzene rings is 2. The molecule has 3 nitrogen and oxygen atoms in total. The van der Waals surface area contributed by atoms with Gasteiger partial charge in [0.1, 0.15) is 11.5 Å². The highest BCUT2D eigenvalue weighted by Crippen LogP contribution is 2.47. The molecule has 0 aliphatic heterocycles. The maximum Gasteiger partial charge on any atom is 0.118 e. The average molecular weight is 357 g/mol. The molecule has 2 aromatic carbocycles. The van der Waals surface area contributed by atoms with Crippen molar-refractivity contribution in [3.8, 4) is 11.5 Å². The topological polar surface area (TPSA) is 31.4 Å². The molecule has 1 heterocycles. The summed E-state index contributed by atoms with van der Waals surface area (Å²) < 4.78 is 10.6. The molecule has 1 aliphatic carbocycles. The standard InChI is InChI=1S/C24H23NO2/c1-26-21-7-3-17(4-8-21)20-15-23(18-5-9-22(27-2)10-6-18)24(16-20)19-11-13-25-14-12-19/h3-15,23-24H,16H2,1-2H3/t23-,24-/m1/s1. The van der Waals surface area contributed by atoms with Crippen LogP contribution in [-0.4, -0.2) is 19.2 Å². The summed E-state index contributed by atoms with van der Waals surface area (Å²) in [5.74, 6) is 2.50. The second-order valence-electron chi connectivity index (χ2n) is 6.81. The minimum atomic E-state index is 0.329. The Hall–Kier alpha value is -3.07. The molecule has 1 aromatic heterocycles. The SMILES string of the molecule is COc1ccc(C2=C[C@H](c3ccc(OC)cc3)[C@@H](c3ccncc3)C2)cc1. The van der Waals surface area contributed by atoms with Gasteiger partial charge in [-0.2, -0.15) is 0 Å². The first-order valence-corrected chi connectivity index (χ1v) is 9.17. The van der Waals surface area contributed by atoms with Crippen LogP contribution in [0.25, 0.3) is 5.57 Å².